The van der Waals surface area contributed by atoms with Crippen LogP contribution in [-0.4, -0.2) is 29.8 Å². The fourth-order valence-corrected chi connectivity index (χ4v) is 1.37. The van der Waals surface area contributed by atoms with Crippen LogP contribution in [-0.2, 0) is 4.79 Å². The minimum Gasteiger partial charge on any atom is -0.481 e. The number of rotatable bonds is 5. The van der Waals surface area contributed by atoms with Crippen LogP contribution in [0.3, 0.4) is 0 Å². The number of hydrogen-bond acceptors (Lipinski definition) is 3. The van der Waals surface area contributed by atoms with E-state index in [9.17, 15) is 4.79 Å². The summed E-state index contributed by atoms with van der Waals surface area (Å²) in [7, 11) is 0. The second-order valence-electron chi connectivity index (χ2n) is 3.81. The normalized spacial score (nSPS) is 13.9. The van der Waals surface area contributed by atoms with Gasteiger partial charge in [-0.05, 0) is 32.0 Å². The van der Waals surface area contributed by atoms with Gasteiger partial charge in [0, 0.05) is 11.6 Å². The number of halogens is 1. The van der Waals surface area contributed by atoms with Crippen LogP contribution in [0, 0.1) is 0 Å². The Balaban J connectivity index is 2.48. The summed E-state index contributed by atoms with van der Waals surface area (Å²) >= 11 is 5.80. The van der Waals surface area contributed by atoms with Crippen LogP contribution in [0.1, 0.15) is 13.8 Å². The van der Waals surface area contributed by atoms with Crippen molar-refractivity contribution in [2.75, 3.05) is 6.54 Å². The van der Waals surface area contributed by atoms with Gasteiger partial charge in [-0.25, -0.2) is 0 Å². The van der Waals surface area contributed by atoms with Gasteiger partial charge in [-0.3, -0.25) is 4.79 Å². The van der Waals surface area contributed by atoms with Crippen LogP contribution in [0.2, 0.25) is 5.02 Å². The van der Waals surface area contributed by atoms with Gasteiger partial charge in [-0.2, -0.15) is 0 Å². The maximum absolute atomic E-state index is 11.6. The summed E-state index contributed by atoms with van der Waals surface area (Å²) in [5.74, 6) is 0.267. The molecule has 0 radical (unpaired) electrons. The summed E-state index contributed by atoms with van der Waals surface area (Å²) in [5.41, 5.74) is 0. The Kier molecular flexibility index (Phi) is 5.25. The third kappa shape index (κ3) is 5.06. The maximum Gasteiger partial charge on any atom is 0.260 e. The van der Waals surface area contributed by atoms with Crippen molar-refractivity contribution in [3.05, 3.63) is 29.3 Å². The molecule has 0 aromatic heterocycles. The van der Waals surface area contributed by atoms with E-state index >= 15 is 0 Å². The molecule has 1 aromatic carbocycles. The van der Waals surface area contributed by atoms with E-state index < -0.39 is 12.2 Å². The van der Waals surface area contributed by atoms with Crippen LogP contribution >= 0.6 is 11.6 Å². The number of carbonyl (C=O) groups excluding carboxylic acids is 1. The van der Waals surface area contributed by atoms with E-state index in [4.69, 9.17) is 21.4 Å². The van der Waals surface area contributed by atoms with Gasteiger partial charge >= 0.3 is 0 Å². The minimum absolute atomic E-state index is 0.210. The Hall–Kier alpha value is -1.26. The third-order valence-corrected chi connectivity index (χ3v) is 2.28. The van der Waals surface area contributed by atoms with Gasteiger partial charge < -0.3 is 15.2 Å². The van der Waals surface area contributed by atoms with E-state index in [0.29, 0.717) is 10.8 Å². The molecular weight excluding hydrogens is 242 g/mol. The number of aliphatic hydroxyl groups excluding tert-OH is 1. The number of benzene rings is 1. The molecule has 0 heterocycles. The average Bonchev–Trinajstić information content (AvgIpc) is 2.25. The Morgan fingerprint density at radius 2 is 2.24 bits per heavy atom. The van der Waals surface area contributed by atoms with Gasteiger partial charge in [0.2, 0.25) is 0 Å². The fourth-order valence-electron chi connectivity index (χ4n) is 1.19. The van der Waals surface area contributed by atoms with Crippen molar-refractivity contribution >= 4 is 17.5 Å². The molecule has 2 N–H and O–H groups in total. The van der Waals surface area contributed by atoms with Crippen LogP contribution in [0.15, 0.2) is 24.3 Å². The first kappa shape index (κ1) is 13.8. The van der Waals surface area contributed by atoms with Crippen LogP contribution in [0.25, 0.3) is 0 Å². The van der Waals surface area contributed by atoms with E-state index in [1.807, 2.05) is 0 Å². The molecule has 2 atom stereocenters. The number of amides is 1. The molecule has 0 aliphatic heterocycles. The molecule has 94 valence electrons. The number of hydrogen-bond donors (Lipinski definition) is 2. The van der Waals surface area contributed by atoms with Crippen molar-refractivity contribution < 1.29 is 14.6 Å². The van der Waals surface area contributed by atoms with Crippen molar-refractivity contribution in [1.82, 2.24) is 5.32 Å². The largest absolute Gasteiger partial charge is 0.481 e. The van der Waals surface area contributed by atoms with Crippen LogP contribution in [0.4, 0.5) is 0 Å². The second-order valence-corrected chi connectivity index (χ2v) is 4.25. The molecule has 2 unspecified atom stereocenters. The van der Waals surface area contributed by atoms with E-state index in [1.54, 1.807) is 38.1 Å². The average molecular weight is 258 g/mol. The first-order valence-electron chi connectivity index (χ1n) is 5.37. The van der Waals surface area contributed by atoms with Crippen LogP contribution < -0.4 is 10.1 Å². The van der Waals surface area contributed by atoms with Crippen LogP contribution in [0.5, 0.6) is 5.75 Å². The van der Waals surface area contributed by atoms with Gasteiger partial charge in [-0.1, -0.05) is 17.7 Å². The molecule has 1 rings (SSSR count). The Morgan fingerprint density at radius 3 is 2.82 bits per heavy atom. The summed E-state index contributed by atoms with van der Waals surface area (Å²) in [6.07, 6.45) is -1.20. The Bertz CT molecular complexity index is 382. The van der Waals surface area contributed by atoms with E-state index in [2.05, 4.69) is 5.32 Å². The first-order chi connectivity index (χ1) is 7.99. The molecule has 1 amide bonds. The summed E-state index contributed by atoms with van der Waals surface area (Å²) in [6, 6.07) is 6.84. The zero-order valence-electron chi connectivity index (χ0n) is 9.81. The highest BCUT2D eigenvalue weighted by Crippen LogP contribution is 2.18. The lowest BCUT2D eigenvalue weighted by atomic mass is 10.3. The van der Waals surface area contributed by atoms with Crippen molar-refractivity contribution in [3.8, 4) is 5.75 Å². The molecule has 0 fully saturated rings. The van der Waals surface area contributed by atoms with Gasteiger partial charge in [0.05, 0.1) is 6.10 Å². The highest BCUT2D eigenvalue weighted by molar-refractivity contribution is 6.30. The molecular formula is C12H16ClNO3. The van der Waals surface area contributed by atoms with Crippen molar-refractivity contribution in [2.45, 2.75) is 26.1 Å². The first-order valence-corrected chi connectivity index (χ1v) is 5.75. The zero-order valence-corrected chi connectivity index (χ0v) is 10.6. The number of nitrogens with one attached hydrogen (secondary N) is 1. The SMILES string of the molecule is CC(O)CNC(=O)C(C)Oc1cccc(Cl)c1. The predicted molar refractivity (Wildman–Crippen MR) is 66.2 cm³/mol. The minimum atomic E-state index is -0.632. The summed E-state index contributed by atoms with van der Waals surface area (Å²) < 4.78 is 5.41. The highest BCUT2D eigenvalue weighted by atomic mass is 35.5. The molecule has 5 heteroatoms. The van der Waals surface area contributed by atoms with Gasteiger partial charge in [0.1, 0.15) is 5.75 Å². The number of ether oxygens (including phenoxy) is 1. The summed E-state index contributed by atoms with van der Waals surface area (Å²) in [6.45, 7) is 3.45. The predicted octanol–water partition coefficient (Wildman–Crippen LogP) is 1.60. The molecule has 0 aliphatic rings. The van der Waals surface area contributed by atoms with E-state index in [0.717, 1.165) is 0 Å². The highest BCUT2D eigenvalue weighted by Gasteiger charge is 2.14. The van der Waals surface area contributed by atoms with E-state index in [1.165, 1.54) is 0 Å². The Labute approximate surface area is 106 Å². The number of carbonyl (C=O) groups is 1. The summed E-state index contributed by atoms with van der Waals surface area (Å²) in [5, 5.41) is 12.2. The molecule has 1 aromatic rings. The topological polar surface area (TPSA) is 58.6 Å². The molecule has 4 nitrogen and oxygen atoms in total. The van der Waals surface area contributed by atoms with E-state index in [-0.39, 0.29) is 12.5 Å². The lowest BCUT2D eigenvalue weighted by Crippen LogP contribution is -2.39. The molecule has 0 aliphatic carbocycles. The zero-order chi connectivity index (χ0) is 12.8. The Morgan fingerprint density at radius 1 is 1.53 bits per heavy atom. The molecule has 0 saturated carbocycles. The lowest BCUT2D eigenvalue weighted by Gasteiger charge is -2.15. The lowest BCUT2D eigenvalue weighted by molar-refractivity contribution is -0.127. The molecule has 0 bridgehead atoms. The van der Waals surface area contributed by atoms with Crippen molar-refractivity contribution in [3.63, 3.8) is 0 Å². The molecule has 0 spiro atoms. The molecule has 17 heavy (non-hydrogen) atoms. The van der Waals surface area contributed by atoms with Gasteiger partial charge in [0.15, 0.2) is 6.10 Å². The second kappa shape index (κ2) is 6.47. The fraction of sp³-hybridized carbons (Fsp3) is 0.417. The smallest absolute Gasteiger partial charge is 0.260 e. The van der Waals surface area contributed by atoms with Crippen molar-refractivity contribution in [1.29, 1.82) is 0 Å². The van der Waals surface area contributed by atoms with Crippen molar-refractivity contribution in [2.24, 2.45) is 0 Å². The monoisotopic (exact) mass is 257 g/mol. The number of aliphatic hydroxyl groups is 1. The maximum atomic E-state index is 11.6. The quantitative estimate of drug-likeness (QED) is 0.843. The molecule has 0 saturated heterocycles. The standard InChI is InChI=1S/C12H16ClNO3/c1-8(15)7-14-12(16)9(2)17-11-5-3-4-10(13)6-11/h3-6,8-9,15H,7H2,1-2H3,(H,14,16). The van der Waals surface area contributed by atoms with Gasteiger partial charge in [-0.15, -0.1) is 0 Å². The third-order valence-electron chi connectivity index (χ3n) is 2.05. The van der Waals surface area contributed by atoms with Gasteiger partial charge in [0.25, 0.3) is 5.91 Å². The summed E-state index contributed by atoms with van der Waals surface area (Å²) in [4.78, 5) is 11.6.